The first-order valence-corrected chi connectivity index (χ1v) is 15.1. The molecular weight excluding hydrogens is 462 g/mol. The van der Waals surface area contributed by atoms with E-state index in [1.165, 1.54) is 54.4 Å². The van der Waals surface area contributed by atoms with E-state index in [-0.39, 0.29) is 11.8 Å². The number of Topliss-reactive ketones (excluding diaryl/α,β-unsaturated/α-hetero) is 1. The zero-order valence-corrected chi connectivity index (χ0v) is 26.5. The third kappa shape index (κ3) is 11.8. The molecule has 1 aromatic carbocycles. The number of allylic oxidation sites excluding steroid dienone is 8. The van der Waals surface area contributed by atoms with Crippen LogP contribution in [0.1, 0.15) is 132 Å². The molecule has 0 amide bonds. The lowest BCUT2D eigenvalue weighted by Crippen LogP contribution is -2.31. The fourth-order valence-electron chi connectivity index (χ4n) is 3.90. The van der Waals surface area contributed by atoms with Crippen LogP contribution in [-0.2, 0) is 4.79 Å². The van der Waals surface area contributed by atoms with Gasteiger partial charge in [0.25, 0.3) is 0 Å². The summed E-state index contributed by atoms with van der Waals surface area (Å²) in [5.41, 5.74) is 7.10. The molecule has 38 heavy (non-hydrogen) atoms. The van der Waals surface area contributed by atoms with Gasteiger partial charge in [0.2, 0.25) is 0 Å². The van der Waals surface area contributed by atoms with E-state index in [9.17, 15) is 4.79 Å². The summed E-state index contributed by atoms with van der Waals surface area (Å²) >= 11 is 0. The van der Waals surface area contributed by atoms with Crippen molar-refractivity contribution in [3.8, 4) is 0 Å². The first kappa shape index (κ1) is 35.4. The largest absolute Gasteiger partial charge is 0.338 e. The molecule has 2 aliphatic rings. The van der Waals surface area contributed by atoms with Crippen LogP contribution in [-0.4, -0.2) is 16.7 Å². The Morgan fingerprint density at radius 3 is 2.11 bits per heavy atom. The van der Waals surface area contributed by atoms with Crippen LogP contribution >= 0.6 is 0 Å². The molecule has 0 N–H and O–H groups in total. The second-order valence-electron chi connectivity index (χ2n) is 9.78. The minimum absolute atomic E-state index is 0.0914. The Morgan fingerprint density at radius 1 is 1.03 bits per heavy atom. The van der Waals surface area contributed by atoms with Crippen LogP contribution in [0.5, 0.6) is 0 Å². The molecule has 1 aliphatic carbocycles. The van der Waals surface area contributed by atoms with Gasteiger partial charge in [-0.05, 0) is 73.8 Å². The number of hydrogen-bond donors (Lipinski definition) is 0. The van der Waals surface area contributed by atoms with Crippen molar-refractivity contribution in [3.05, 3.63) is 88.8 Å². The van der Waals surface area contributed by atoms with E-state index in [4.69, 9.17) is 0 Å². The summed E-state index contributed by atoms with van der Waals surface area (Å²) in [4.78, 5) is 14.2. The first-order valence-electron chi connectivity index (χ1n) is 15.1. The van der Waals surface area contributed by atoms with Gasteiger partial charge >= 0.3 is 0 Å². The van der Waals surface area contributed by atoms with E-state index < -0.39 is 0 Å². The smallest absolute Gasteiger partial charge is 0.175 e. The minimum Gasteiger partial charge on any atom is -0.338 e. The first-order chi connectivity index (χ1) is 18.3. The molecule has 1 aromatic rings. The predicted octanol–water partition coefficient (Wildman–Crippen LogP) is 11.2. The maximum atomic E-state index is 12.1. The average molecular weight is 520 g/mol. The third-order valence-electron chi connectivity index (χ3n) is 6.29. The van der Waals surface area contributed by atoms with Crippen molar-refractivity contribution in [2.24, 2.45) is 0 Å². The second kappa shape index (κ2) is 20.4. The van der Waals surface area contributed by atoms with E-state index in [1.807, 2.05) is 26.8 Å². The molecule has 2 heteroatoms. The van der Waals surface area contributed by atoms with Crippen LogP contribution in [0.25, 0.3) is 5.57 Å². The lowest BCUT2D eigenvalue weighted by Gasteiger charge is -2.31. The Labute approximate surface area is 236 Å². The molecule has 0 aromatic heterocycles. The number of rotatable bonds is 8. The zero-order chi connectivity index (χ0) is 29.1. The molecule has 3 rings (SSSR count). The highest BCUT2D eigenvalue weighted by Crippen LogP contribution is 2.41. The van der Waals surface area contributed by atoms with Crippen molar-refractivity contribution in [3.63, 3.8) is 0 Å². The van der Waals surface area contributed by atoms with Crippen LogP contribution in [0.4, 0.5) is 0 Å². The lowest BCUT2D eigenvalue weighted by atomic mass is 9.92. The van der Waals surface area contributed by atoms with Crippen molar-refractivity contribution in [1.29, 1.82) is 0 Å². The van der Waals surface area contributed by atoms with Gasteiger partial charge in [0.1, 0.15) is 0 Å². The van der Waals surface area contributed by atoms with Crippen molar-refractivity contribution < 1.29 is 4.79 Å². The fraction of sp³-hybridized carbons (Fsp3) is 0.528. The maximum absolute atomic E-state index is 12.1. The molecular formula is C36H57NO. The van der Waals surface area contributed by atoms with Crippen molar-refractivity contribution in [1.82, 2.24) is 4.90 Å². The summed E-state index contributed by atoms with van der Waals surface area (Å²) in [6, 6.07) is 9.16. The highest BCUT2D eigenvalue weighted by Gasteiger charge is 2.24. The van der Waals surface area contributed by atoms with Crippen LogP contribution in [0.2, 0.25) is 0 Å². The normalized spacial score (nSPS) is 17.2. The summed E-state index contributed by atoms with van der Waals surface area (Å²) in [6.07, 6.45) is 20.3. The molecule has 1 saturated carbocycles. The zero-order valence-electron chi connectivity index (χ0n) is 26.5. The standard InChI is InChI=1S/C27H33NO.C4H10.C3H8.C2H6/c1-6-8-12-26(20(4)23-10-9-11-24(17-23)22-15-16-22)25-14-13-19(3)28(18-25)27(7-2)21(5)29;1-3-4-2;1-3-2;1-2/h7-14,17-19,22H,6,15-16H2,1-5H3;3-4H2,1-2H3;3H2,1-2H3;1-2H3/b12-8-,26-20-,27-7-;;;. The number of carbonyl (C=O) groups is 1. The van der Waals surface area contributed by atoms with Gasteiger partial charge in [0.15, 0.2) is 5.78 Å². The van der Waals surface area contributed by atoms with E-state index in [0.717, 1.165) is 23.6 Å². The minimum atomic E-state index is 0.0914. The van der Waals surface area contributed by atoms with Crippen molar-refractivity contribution in [2.75, 3.05) is 0 Å². The molecule has 1 atom stereocenters. The van der Waals surface area contributed by atoms with E-state index >= 15 is 0 Å². The van der Waals surface area contributed by atoms with Crippen molar-refractivity contribution >= 4 is 11.4 Å². The molecule has 1 fully saturated rings. The van der Waals surface area contributed by atoms with Gasteiger partial charge in [-0.25, -0.2) is 0 Å². The van der Waals surface area contributed by atoms with Gasteiger partial charge in [0, 0.05) is 19.2 Å². The second-order valence-corrected chi connectivity index (χ2v) is 9.78. The highest BCUT2D eigenvalue weighted by atomic mass is 16.1. The Bertz CT molecular complexity index is 967. The Morgan fingerprint density at radius 2 is 1.63 bits per heavy atom. The summed E-state index contributed by atoms with van der Waals surface area (Å²) in [7, 11) is 0. The van der Waals surface area contributed by atoms with Gasteiger partial charge in [-0.3, -0.25) is 4.79 Å². The summed E-state index contributed by atoms with van der Waals surface area (Å²) < 4.78 is 0. The molecule has 1 aliphatic heterocycles. The lowest BCUT2D eigenvalue weighted by molar-refractivity contribution is -0.114. The molecule has 0 bridgehead atoms. The van der Waals surface area contributed by atoms with Gasteiger partial charge < -0.3 is 4.90 Å². The Balaban J connectivity index is 0.00000134. The fourth-order valence-corrected chi connectivity index (χ4v) is 3.90. The maximum Gasteiger partial charge on any atom is 0.175 e. The van der Waals surface area contributed by atoms with Gasteiger partial charge in [-0.1, -0.05) is 122 Å². The van der Waals surface area contributed by atoms with E-state index in [0.29, 0.717) is 0 Å². The number of unbranched alkanes of at least 4 members (excludes halogenated alkanes) is 1. The molecule has 212 valence electrons. The topological polar surface area (TPSA) is 20.3 Å². The number of nitrogens with zero attached hydrogens (tertiary/aromatic N) is 1. The number of ketones is 1. The van der Waals surface area contributed by atoms with Crippen LogP contribution in [0.15, 0.2) is 77.7 Å². The monoisotopic (exact) mass is 519 g/mol. The molecule has 1 unspecified atom stereocenters. The molecule has 0 saturated heterocycles. The molecule has 2 nitrogen and oxygen atoms in total. The molecule has 0 spiro atoms. The predicted molar refractivity (Wildman–Crippen MR) is 171 cm³/mol. The number of hydrogen-bond acceptors (Lipinski definition) is 2. The van der Waals surface area contributed by atoms with Gasteiger partial charge in [0.05, 0.1) is 5.70 Å². The van der Waals surface area contributed by atoms with E-state index in [1.54, 1.807) is 6.92 Å². The molecule has 0 radical (unpaired) electrons. The van der Waals surface area contributed by atoms with E-state index in [2.05, 4.69) is 108 Å². The SMILES string of the molecule is C/C=C(/C(C)=O)N1C=C(C(/C=C\CC)=C(/C)c2cccc(C3CC3)c2)C=CC1C.CC.CCC.CCCC. The third-order valence-corrected chi connectivity index (χ3v) is 6.29. The van der Waals surface area contributed by atoms with Crippen LogP contribution < -0.4 is 0 Å². The quantitative estimate of drug-likeness (QED) is 0.251. The van der Waals surface area contributed by atoms with Gasteiger partial charge in [-0.2, -0.15) is 0 Å². The number of benzene rings is 1. The Kier molecular flexibility index (Phi) is 19.0. The number of carbonyl (C=O) groups excluding carboxylic acids is 1. The average Bonchev–Trinajstić information content (AvgIpc) is 3.78. The highest BCUT2D eigenvalue weighted by molar-refractivity contribution is 5.93. The van der Waals surface area contributed by atoms with Crippen molar-refractivity contribution in [2.45, 2.75) is 127 Å². The summed E-state index contributed by atoms with van der Waals surface area (Å²) in [6.45, 7) is 22.7. The summed E-state index contributed by atoms with van der Waals surface area (Å²) in [5.74, 6) is 0.837. The summed E-state index contributed by atoms with van der Waals surface area (Å²) in [5, 5.41) is 0. The van der Waals surface area contributed by atoms with Crippen LogP contribution in [0, 0.1) is 0 Å². The van der Waals surface area contributed by atoms with Crippen LogP contribution in [0.3, 0.4) is 0 Å². The van der Waals surface area contributed by atoms with Gasteiger partial charge in [-0.15, -0.1) is 0 Å². The Hall–Kier alpha value is -2.61. The molecule has 1 heterocycles.